The Kier molecular flexibility index (Phi) is 10.7. The molecule has 0 bridgehead atoms. The van der Waals surface area contributed by atoms with Crippen LogP contribution in [0.1, 0.15) is 89.9 Å². The van der Waals surface area contributed by atoms with E-state index >= 15 is 0 Å². The van der Waals surface area contributed by atoms with Gasteiger partial charge in [-0.15, -0.1) is 0 Å². The smallest absolute Gasteiger partial charge is 0.127 e. The van der Waals surface area contributed by atoms with Crippen LogP contribution in [0.2, 0.25) is 0 Å². The Hall–Kier alpha value is -5.86. The van der Waals surface area contributed by atoms with Gasteiger partial charge in [0.15, 0.2) is 0 Å². The van der Waals surface area contributed by atoms with Crippen LogP contribution in [0, 0.1) is 23.7 Å². The Labute approximate surface area is 381 Å². The monoisotopic (exact) mass is 835 g/mol. The summed E-state index contributed by atoms with van der Waals surface area (Å²) in [7, 11) is 0. The largest absolute Gasteiger partial charge is 0.485 e. The normalized spacial score (nSPS) is 30.0. The fraction of sp³-hybridized carbons (Fsp3) is 0.323. The Balaban J connectivity index is 0.824. The van der Waals surface area contributed by atoms with Crippen molar-refractivity contribution in [1.29, 1.82) is 0 Å². The molecule has 0 saturated heterocycles. The summed E-state index contributed by atoms with van der Waals surface area (Å²) in [4.78, 5) is 2.71. The maximum Gasteiger partial charge on any atom is 0.127 e. The van der Waals surface area contributed by atoms with Gasteiger partial charge in [-0.05, 0) is 174 Å². The van der Waals surface area contributed by atoms with E-state index in [4.69, 9.17) is 4.74 Å². The zero-order valence-corrected chi connectivity index (χ0v) is 37.3. The minimum atomic E-state index is 0.119. The second kappa shape index (κ2) is 17.3. The lowest BCUT2D eigenvalue weighted by atomic mass is 9.76. The molecular formula is C62H61NO. The van der Waals surface area contributed by atoms with Gasteiger partial charge in [0.25, 0.3) is 0 Å². The van der Waals surface area contributed by atoms with E-state index in [0.29, 0.717) is 23.7 Å². The van der Waals surface area contributed by atoms with Crippen LogP contribution in [-0.2, 0) is 4.74 Å². The van der Waals surface area contributed by atoms with Crippen LogP contribution in [-0.4, -0.2) is 17.0 Å². The quantitative estimate of drug-likeness (QED) is 0.259. The molecule has 0 N–H and O–H groups in total. The molecule has 1 aromatic rings. The molecule has 1 aliphatic heterocycles. The highest BCUT2D eigenvalue weighted by Gasteiger charge is 2.40. The highest BCUT2D eigenvalue weighted by Crippen LogP contribution is 2.48. The van der Waals surface area contributed by atoms with Gasteiger partial charge < -0.3 is 9.64 Å². The minimum absolute atomic E-state index is 0.119. The molecule has 12 rings (SSSR count). The minimum Gasteiger partial charge on any atom is -0.485 e. The third-order valence-corrected chi connectivity index (χ3v) is 15.9. The van der Waals surface area contributed by atoms with Gasteiger partial charge in [-0.1, -0.05) is 146 Å². The van der Waals surface area contributed by atoms with Crippen molar-refractivity contribution in [3.8, 4) is 0 Å². The molecule has 0 saturated carbocycles. The third kappa shape index (κ3) is 7.47. The Morgan fingerprint density at radius 1 is 0.578 bits per heavy atom. The summed E-state index contributed by atoms with van der Waals surface area (Å²) in [6.07, 6.45) is 71.2. The number of nitrogens with zero attached hydrogens (tertiary/aromatic N) is 1. The van der Waals surface area contributed by atoms with E-state index in [-0.39, 0.29) is 12.1 Å². The van der Waals surface area contributed by atoms with Gasteiger partial charge in [-0.2, -0.15) is 0 Å². The van der Waals surface area contributed by atoms with Crippen LogP contribution in [0.3, 0.4) is 0 Å². The topological polar surface area (TPSA) is 12.5 Å². The highest BCUT2D eigenvalue weighted by atomic mass is 16.5. The standard InChI is InChI=1S/C62H61NO/c1-3-13-45(14-4-1)57-20-11-21-58-59-41-51(31-39-60(59)64-62(57)58)44-26-34-53(35-27-44)63(52-32-24-43(25-33-52)50-23-22-42-12-7-8-18-49(42)40-50)54-36-28-47(29-37-54)56-38-30-46-15-9-10-19-55(46)61(56)48-16-5-2-6-17-48/h1-5,7,9-10,12-13,15-16,19-20,24,26,28-32,34-36,39-41,44-45,54,56,59-60H,6,8,11,14,17-18,21-23,25,27,33,37-38H2. The second-order valence-corrected chi connectivity index (χ2v) is 19.6. The average molecular weight is 836 g/mol. The zero-order chi connectivity index (χ0) is 42.4. The van der Waals surface area contributed by atoms with Gasteiger partial charge >= 0.3 is 0 Å². The van der Waals surface area contributed by atoms with Crippen LogP contribution in [0.15, 0.2) is 225 Å². The van der Waals surface area contributed by atoms with Crippen molar-refractivity contribution >= 4 is 11.6 Å². The number of ether oxygens (including phenoxy) is 1. The molecule has 0 aromatic heterocycles. The van der Waals surface area contributed by atoms with E-state index in [9.17, 15) is 0 Å². The summed E-state index contributed by atoms with van der Waals surface area (Å²) >= 11 is 0. The summed E-state index contributed by atoms with van der Waals surface area (Å²) < 4.78 is 6.77. The van der Waals surface area contributed by atoms with Crippen molar-refractivity contribution in [3.63, 3.8) is 0 Å². The molecule has 1 heterocycles. The van der Waals surface area contributed by atoms with Gasteiger partial charge in [0.05, 0.1) is 6.04 Å². The van der Waals surface area contributed by atoms with E-state index in [1.54, 1.807) is 27.9 Å². The lowest BCUT2D eigenvalue weighted by Crippen LogP contribution is -2.36. The summed E-state index contributed by atoms with van der Waals surface area (Å²) in [6.45, 7) is 0. The van der Waals surface area contributed by atoms with Crippen LogP contribution in [0.25, 0.3) is 11.6 Å². The Morgan fingerprint density at radius 2 is 1.52 bits per heavy atom. The zero-order valence-electron chi connectivity index (χ0n) is 37.3. The number of allylic oxidation sites excluding steroid dienone is 27. The summed E-state index contributed by atoms with van der Waals surface area (Å²) in [5, 5.41) is 2.81. The molecule has 2 nitrogen and oxygen atoms in total. The molecule has 0 amide bonds. The molecule has 11 aliphatic rings. The van der Waals surface area contributed by atoms with Crippen LogP contribution in [0.4, 0.5) is 0 Å². The lowest BCUT2D eigenvalue weighted by molar-refractivity contribution is 0.167. The molecule has 1 aromatic carbocycles. The first-order chi connectivity index (χ1) is 31.7. The number of fused-ring (bicyclic) bond motifs is 3. The van der Waals surface area contributed by atoms with Crippen molar-refractivity contribution in [2.45, 2.75) is 102 Å². The number of hydrogen-bond donors (Lipinski definition) is 0. The lowest BCUT2D eigenvalue weighted by Gasteiger charge is -2.39. The predicted molar refractivity (Wildman–Crippen MR) is 265 cm³/mol. The molecular weight excluding hydrogens is 775 g/mol. The van der Waals surface area contributed by atoms with E-state index in [1.165, 1.54) is 74.7 Å². The van der Waals surface area contributed by atoms with Crippen LogP contribution >= 0.6 is 0 Å². The molecule has 6 unspecified atom stereocenters. The van der Waals surface area contributed by atoms with Gasteiger partial charge in [-0.25, -0.2) is 0 Å². The Morgan fingerprint density at radius 3 is 2.36 bits per heavy atom. The van der Waals surface area contributed by atoms with Gasteiger partial charge in [0, 0.05) is 35.1 Å². The number of rotatable bonds is 8. The molecule has 10 aliphatic carbocycles. The predicted octanol–water partition coefficient (Wildman–Crippen LogP) is 13.5. The first-order valence-electron chi connectivity index (χ1n) is 24.8. The fourth-order valence-electron chi connectivity index (χ4n) is 12.6. The molecule has 6 atom stereocenters. The number of hydrogen-bond acceptors (Lipinski definition) is 2. The van der Waals surface area contributed by atoms with E-state index in [2.05, 4.69) is 169 Å². The fourth-order valence-corrected chi connectivity index (χ4v) is 12.6. The van der Waals surface area contributed by atoms with E-state index in [1.807, 2.05) is 0 Å². The molecule has 0 fully saturated rings. The van der Waals surface area contributed by atoms with Crippen LogP contribution in [0.5, 0.6) is 0 Å². The highest BCUT2D eigenvalue weighted by molar-refractivity contribution is 5.73. The molecule has 64 heavy (non-hydrogen) atoms. The van der Waals surface area contributed by atoms with Crippen molar-refractivity contribution in [1.82, 2.24) is 4.90 Å². The summed E-state index contributed by atoms with van der Waals surface area (Å²) in [5.41, 5.74) is 17.9. The number of benzene rings is 1. The summed E-state index contributed by atoms with van der Waals surface area (Å²) in [6, 6.07) is 9.34. The van der Waals surface area contributed by atoms with Crippen molar-refractivity contribution in [2.24, 2.45) is 23.7 Å². The second-order valence-electron chi connectivity index (χ2n) is 19.6. The van der Waals surface area contributed by atoms with Gasteiger partial charge in [0.1, 0.15) is 11.9 Å². The summed E-state index contributed by atoms with van der Waals surface area (Å²) in [5.74, 6) is 2.72. The first kappa shape index (κ1) is 39.7. The maximum atomic E-state index is 6.77. The average Bonchev–Trinajstić information content (AvgIpc) is 3.75. The van der Waals surface area contributed by atoms with Gasteiger partial charge in [0.2, 0.25) is 0 Å². The van der Waals surface area contributed by atoms with E-state index < -0.39 is 0 Å². The van der Waals surface area contributed by atoms with Gasteiger partial charge in [-0.3, -0.25) is 0 Å². The van der Waals surface area contributed by atoms with Crippen LogP contribution < -0.4 is 10.4 Å². The molecule has 2 heteroatoms. The molecule has 0 radical (unpaired) electrons. The van der Waals surface area contributed by atoms with E-state index in [0.717, 1.165) is 70.6 Å². The SMILES string of the molecule is C1=CCCC(C2=c3ccccc3=CCC2C2=CCC(N(C3=CCC(C4=CC5C6=C(OC5C=C4)C(C4C=CC=CC4)=CCC6)C=C3)C3=CC=C(C4=CC5=C(C=CCC5)CC4)CC3)C=C2)=C1. The first-order valence-corrected chi connectivity index (χ1v) is 24.8. The Bertz CT molecular complexity index is 2830. The molecule has 0 spiro atoms. The maximum absolute atomic E-state index is 6.77. The van der Waals surface area contributed by atoms with Crippen molar-refractivity contribution in [2.75, 3.05) is 0 Å². The van der Waals surface area contributed by atoms with Crippen molar-refractivity contribution < 1.29 is 4.74 Å². The third-order valence-electron chi connectivity index (χ3n) is 15.9. The van der Waals surface area contributed by atoms with Crippen molar-refractivity contribution in [3.05, 3.63) is 236 Å². The molecule has 320 valence electrons.